The molecule has 1 aliphatic rings. The number of rotatable bonds is 6. The van der Waals surface area contributed by atoms with Crippen molar-refractivity contribution in [3.05, 3.63) is 17.5 Å². The van der Waals surface area contributed by atoms with E-state index in [9.17, 15) is 9.59 Å². The van der Waals surface area contributed by atoms with E-state index in [0.29, 0.717) is 12.3 Å². The molecule has 1 atom stereocenters. The van der Waals surface area contributed by atoms with E-state index < -0.39 is 5.97 Å². The molecular weight excluding hydrogens is 236 g/mol. The van der Waals surface area contributed by atoms with E-state index in [1.807, 2.05) is 0 Å². The Hall–Kier alpha value is -1.85. The number of carbonyl (C=O) groups is 2. The Labute approximate surface area is 104 Å². The van der Waals surface area contributed by atoms with Crippen LogP contribution in [0.1, 0.15) is 54.8 Å². The third-order valence-corrected chi connectivity index (χ3v) is 2.91. The minimum absolute atomic E-state index is 0.0353. The maximum atomic E-state index is 11.8. The fourth-order valence-corrected chi connectivity index (χ4v) is 1.67. The summed E-state index contributed by atoms with van der Waals surface area (Å²) < 4.78 is 5.08. The smallest absolute Gasteiger partial charge is 0.303 e. The highest BCUT2D eigenvalue weighted by molar-refractivity contribution is 5.92. The second kappa shape index (κ2) is 5.20. The molecule has 1 aliphatic carbocycles. The molecule has 0 radical (unpaired) electrons. The molecule has 0 bridgehead atoms. The van der Waals surface area contributed by atoms with Crippen LogP contribution in [0.4, 0.5) is 0 Å². The van der Waals surface area contributed by atoms with Crippen LogP contribution in [0.2, 0.25) is 0 Å². The lowest BCUT2D eigenvalue weighted by atomic mass is 10.2. The zero-order valence-corrected chi connectivity index (χ0v) is 10.2. The molecule has 0 saturated heterocycles. The summed E-state index contributed by atoms with van der Waals surface area (Å²) in [6.07, 6.45) is 2.61. The number of aromatic nitrogens is 1. The van der Waals surface area contributed by atoms with Gasteiger partial charge in [-0.05, 0) is 26.2 Å². The molecule has 6 heteroatoms. The first-order chi connectivity index (χ1) is 8.56. The van der Waals surface area contributed by atoms with E-state index in [0.717, 1.165) is 18.6 Å². The Morgan fingerprint density at radius 3 is 2.94 bits per heavy atom. The van der Waals surface area contributed by atoms with Crippen LogP contribution in [0, 0.1) is 0 Å². The maximum absolute atomic E-state index is 11.8. The third kappa shape index (κ3) is 3.32. The molecule has 1 aromatic heterocycles. The summed E-state index contributed by atoms with van der Waals surface area (Å²) in [6, 6.07) is 1.46. The molecular formula is C12H16N2O4. The Morgan fingerprint density at radius 1 is 1.61 bits per heavy atom. The first kappa shape index (κ1) is 12.6. The van der Waals surface area contributed by atoms with E-state index in [4.69, 9.17) is 9.63 Å². The van der Waals surface area contributed by atoms with E-state index in [1.165, 1.54) is 0 Å². The van der Waals surface area contributed by atoms with Gasteiger partial charge in [-0.2, -0.15) is 0 Å². The number of hydrogen-bond acceptors (Lipinski definition) is 4. The van der Waals surface area contributed by atoms with Crippen LogP contribution in [0.3, 0.4) is 0 Å². The van der Waals surface area contributed by atoms with Gasteiger partial charge >= 0.3 is 5.97 Å². The number of carboxylic acids is 1. The van der Waals surface area contributed by atoms with Gasteiger partial charge in [-0.1, -0.05) is 5.16 Å². The lowest BCUT2D eigenvalue weighted by Gasteiger charge is -2.10. The number of aliphatic carboxylic acids is 1. The van der Waals surface area contributed by atoms with Gasteiger partial charge in [0, 0.05) is 24.4 Å². The minimum atomic E-state index is -0.867. The van der Waals surface area contributed by atoms with Gasteiger partial charge < -0.3 is 14.9 Å². The second-order valence-corrected chi connectivity index (χ2v) is 4.70. The molecule has 0 aromatic carbocycles. The molecule has 0 aliphatic heterocycles. The summed E-state index contributed by atoms with van der Waals surface area (Å²) in [7, 11) is 0. The quantitative estimate of drug-likeness (QED) is 0.801. The summed E-state index contributed by atoms with van der Waals surface area (Å²) in [6.45, 7) is 1.77. The van der Waals surface area contributed by atoms with Crippen LogP contribution in [-0.4, -0.2) is 28.2 Å². The molecule has 1 aromatic rings. The predicted octanol–water partition coefficient (Wildman–Crippen LogP) is 1.54. The van der Waals surface area contributed by atoms with Gasteiger partial charge in [-0.25, -0.2) is 0 Å². The zero-order chi connectivity index (χ0) is 13.1. The number of carbonyl (C=O) groups excluding carboxylic acids is 1. The lowest BCUT2D eigenvalue weighted by molar-refractivity contribution is -0.137. The lowest BCUT2D eigenvalue weighted by Crippen LogP contribution is -2.33. The molecule has 1 unspecified atom stereocenters. The van der Waals surface area contributed by atoms with Crippen molar-refractivity contribution in [3.63, 3.8) is 0 Å². The van der Waals surface area contributed by atoms with Gasteiger partial charge in [0.15, 0.2) is 5.69 Å². The van der Waals surface area contributed by atoms with Crippen LogP contribution in [-0.2, 0) is 4.79 Å². The van der Waals surface area contributed by atoms with Crippen molar-refractivity contribution in [2.24, 2.45) is 0 Å². The first-order valence-corrected chi connectivity index (χ1v) is 6.05. The van der Waals surface area contributed by atoms with Gasteiger partial charge in [0.05, 0.1) is 0 Å². The highest BCUT2D eigenvalue weighted by Gasteiger charge is 2.29. The topological polar surface area (TPSA) is 92.4 Å². The van der Waals surface area contributed by atoms with E-state index in [1.54, 1.807) is 13.0 Å². The van der Waals surface area contributed by atoms with Crippen molar-refractivity contribution < 1.29 is 19.2 Å². The maximum Gasteiger partial charge on any atom is 0.303 e. The van der Waals surface area contributed by atoms with Crippen LogP contribution in [0.25, 0.3) is 0 Å². The molecule has 98 valence electrons. The molecule has 1 saturated carbocycles. The van der Waals surface area contributed by atoms with Crippen LogP contribution >= 0.6 is 0 Å². The van der Waals surface area contributed by atoms with Gasteiger partial charge in [-0.3, -0.25) is 9.59 Å². The van der Waals surface area contributed by atoms with Gasteiger partial charge in [0.2, 0.25) is 0 Å². The normalized spacial score (nSPS) is 16.3. The van der Waals surface area contributed by atoms with Gasteiger partial charge in [-0.15, -0.1) is 0 Å². The largest absolute Gasteiger partial charge is 0.481 e. The highest BCUT2D eigenvalue weighted by Crippen LogP contribution is 2.40. The van der Waals surface area contributed by atoms with Crippen LogP contribution in [0.15, 0.2) is 10.6 Å². The molecule has 18 heavy (non-hydrogen) atoms. The molecule has 1 fully saturated rings. The number of nitrogens with zero attached hydrogens (tertiary/aromatic N) is 1. The number of carboxylic acid groups (broad SMARTS) is 1. The van der Waals surface area contributed by atoms with Crippen molar-refractivity contribution >= 4 is 11.9 Å². The van der Waals surface area contributed by atoms with Crippen molar-refractivity contribution in [2.75, 3.05) is 0 Å². The Bertz CT molecular complexity index is 451. The monoisotopic (exact) mass is 252 g/mol. The van der Waals surface area contributed by atoms with Crippen LogP contribution in [0.5, 0.6) is 0 Å². The predicted molar refractivity (Wildman–Crippen MR) is 62.3 cm³/mol. The number of nitrogens with one attached hydrogen (secondary N) is 1. The average Bonchev–Trinajstić information content (AvgIpc) is 3.04. The second-order valence-electron chi connectivity index (χ2n) is 4.70. The Kier molecular flexibility index (Phi) is 3.64. The Morgan fingerprint density at radius 2 is 2.33 bits per heavy atom. The SMILES string of the molecule is CC(CCC(=O)O)NC(=O)c1cc(C2CC2)on1. The van der Waals surface area contributed by atoms with E-state index >= 15 is 0 Å². The van der Waals surface area contributed by atoms with Crippen molar-refractivity contribution in [1.82, 2.24) is 10.5 Å². The third-order valence-electron chi connectivity index (χ3n) is 2.91. The number of amides is 1. The highest BCUT2D eigenvalue weighted by atomic mass is 16.5. The van der Waals surface area contributed by atoms with E-state index in [2.05, 4.69) is 10.5 Å². The van der Waals surface area contributed by atoms with Crippen LogP contribution < -0.4 is 5.32 Å². The fourth-order valence-electron chi connectivity index (χ4n) is 1.67. The van der Waals surface area contributed by atoms with Crippen molar-refractivity contribution in [1.29, 1.82) is 0 Å². The molecule has 0 spiro atoms. The van der Waals surface area contributed by atoms with Crippen molar-refractivity contribution in [3.8, 4) is 0 Å². The average molecular weight is 252 g/mol. The molecule has 2 N–H and O–H groups in total. The molecule has 2 rings (SSSR count). The summed E-state index contributed by atoms with van der Waals surface area (Å²) in [5.74, 6) is -0.00100. The standard InChI is InChI=1S/C12H16N2O4/c1-7(2-5-11(15)16)13-12(17)9-6-10(18-14-9)8-3-4-8/h6-8H,2-5H2,1H3,(H,13,17)(H,15,16). The van der Waals surface area contributed by atoms with Crippen molar-refractivity contribution in [2.45, 2.75) is 44.6 Å². The van der Waals surface area contributed by atoms with Gasteiger partial charge in [0.25, 0.3) is 5.91 Å². The molecule has 1 amide bonds. The van der Waals surface area contributed by atoms with E-state index in [-0.39, 0.29) is 24.1 Å². The molecule has 6 nitrogen and oxygen atoms in total. The summed E-state index contributed by atoms with van der Waals surface area (Å²) in [5, 5.41) is 15.0. The van der Waals surface area contributed by atoms with Gasteiger partial charge in [0.1, 0.15) is 5.76 Å². The Balaban J connectivity index is 1.84. The first-order valence-electron chi connectivity index (χ1n) is 6.05. The molecule has 1 heterocycles. The summed E-state index contributed by atoms with van der Waals surface area (Å²) >= 11 is 0. The summed E-state index contributed by atoms with van der Waals surface area (Å²) in [5.41, 5.74) is 0.263. The minimum Gasteiger partial charge on any atom is -0.481 e. The fraction of sp³-hybridized carbons (Fsp3) is 0.583. The number of hydrogen-bond donors (Lipinski definition) is 2. The summed E-state index contributed by atoms with van der Waals surface area (Å²) in [4.78, 5) is 22.2. The zero-order valence-electron chi connectivity index (χ0n) is 10.2.